The van der Waals surface area contributed by atoms with E-state index in [4.69, 9.17) is 9.47 Å². The molecule has 2 N–H and O–H groups in total. The SMILES string of the molecule is COc1ccc(/C(O)=C2/C(=O)C(=O)N(Cc3ccc(OCC(C)C)cc3)C2c2ccc(O)cc2)cc1. The summed E-state index contributed by atoms with van der Waals surface area (Å²) in [4.78, 5) is 27.8. The fourth-order valence-corrected chi connectivity index (χ4v) is 4.10. The Labute approximate surface area is 210 Å². The third-order valence-corrected chi connectivity index (χ3v) is 5.97. The van der Waals surface area contributed by atoms with Crippen molar-refractivity contribution in [3.8, 4) is 17.2 Å². The van der Waals surface area contributed by atoms with Gasteiger partial charge in [-0.05, 0) is 65.6 Å². The molecule has 1 unspecified atom stereocenters. The number of aliphatic hydroxyl groups excluding tert-OH is 1. The molecular weight excluding hydrogens is 458 g/mol. The van der Waals surface area contributed by atoms with E-state index in [1.807, 2.05) is 24.3 Å². The Hall–Kier alpha value is -4.26. The Kier molecular flexibility index (Phi) is 7.29. The lowest BCUT2D eigenvalue weighted by Gasteiger charge is -2.25. The standard InChI is InChI=1S/C29H29NO6/c1-18(2)17-36-24-12-4-19(5-13-24)16-30-26(20-6-10-22(31)11-7-20)25(28(33)29(30)34)27(32)21-8-14-23(35-3)15-9-21/h4-15,18,26,31-32H,16-17H2,1-3H3/b27-25-. The lowest BCUT2D eigenvalue weighted by molar-refractivity contribution is -0.140. The van der Waals surface area contributed by atoms with Crippen LogP contribution in [0.5, 0.6) is 17.2 Å². The van der Waals surface area contributed by atoms with Gasteiger partial charge in [0.1, 0.15) is 23.0 Å². The number of benzene rings is 3. The topological polar surface area (TPSA) is 96.3 Å². The number of ether oxygens (including phenoxy) is 2. The van der Waals surface area contributed by atoms with E-state index in [1.54, 1.807) is 36.4 Å². The molecule has 0 aliphatic carbocycles. The van der Waals surface area contributed by atoms with Crippen LogP contribution in [0, 0.1) is 5.92 Å². The normalized spacial score (nSPS) is 17.0. The molecule has 0 aromatic heterocycles. The van der Waals surface area contributed by atoms with E-state index in [0.29, 0.717) is 29.4 Å². The van der Waals surface area contributed by atoms with Gasteiger partial charge in [0, 0.05) is 12.1 Å². The monoisotopic (exact) mass is 487 g/mol. The van der Waals surface area contributed by atoms with Crippen LogP contribution in [0.1, 0.15) is 36.6 Å². The molecule has 0 spiro atoms. The number of carbonyl (C=O) groups excluding carboxylic acids is 2. The van der Waals surface area contributed by atoms with Gasteiger partial charge in [0.15, 0.2) is 0 Å². The lowest BCUT2D eigenvalue weighted by Crippen LogP contribution is -2.29. The molecule has 0 bridgehead atoms. The van der Waals surface area contributed by atoms with Crippen LogP contribution in [0.3, 0.4) is 0 Å². The summed E-state index contributed by atoms with van der Waals surface area (Å²) in [5.74, 6) is 0.0398. The van der Waals surface area contributed by atoms with Gasteiger partial charge in [-0.2, -0.15) is 0 Å². The second-order valence-electron chi connectivity index (χ2n) is 9.10. The van der Waals surface area contributed by atoms with E-state index >= 15 is 0 Å². The van der Waals surface area contributed by atoms with Crippen molar-refractivity contribution in [3.05, 3.63) is 95.1 Å². The molecule has 186 valence electrons. The average molecular weight is 488 g/mol. The summed E-state index contributed by atoms with van der Waals surface area (Å²) in [7, 11) is 1.54. The van der Waals surface area contributed by atoms with E-state index in [-0.39, 0.29) is 23.6 Å². The molecular formula is C29H29NO6. The number of hydrogen-bond acceptors (Lipinski definition) is 6. The van der Waals surface area contributed by atoms with Gasteiger partial charge in [-0.1, -0.05) is 38.1 Å². The molecule has 0 radical (unpaired) electrons. The molecule has 1 heterocycles. The zero-order valence-corrected chi connectivity index (χ0v) is 20.5. The molecule has 3 aromatic rings. The van der Waals surface area contributed by atoms with E-state index < -0.39 is 17.7 Å². The average Bonchev–Trinajstić information content (AvgIpc) is 3.13. The summed E-state index contributed by atoms with van der Waals surface area (Å²) >= 11 is 0. The zero-order valence-electron chi connectivity index (χ0n) is 20.5. The summed E-state index contributed by atoms with van der Waals surface area (Å²) in [5.41, 5.74) is 1.79. The van der Waals surface area contributed by atoms with Crippen LogP contribution in [0.25, 0.3) is 5.76 Å². The van der Waals surface area contributed by atoms with Gasteiger partial charge >= 0.3 is 0 Å². The van der Waals surface area contributed by atoms with Crippen molar-refractivity contribution >= 4 is 17.4 Å². The number of rotatable bonds is 8. The van der Waals surface area contributed by atoms with Gasteiger partial charge in [0.2, 0.25) is 0 Å². The molecule has 1 atom stereocenters. The minimum atomic E-state index is -0.829. The number of nitrogens with zero attached hydrogens (tertiary/aromatic N) is 1. The summed E-state index contributed by atoms with van der Waals surface area (Å²) in [5, 5.41) is 20.9. The van der Waals surface area contributed by atoms with Gasteiger partial charge in [-0.15, -0.1) is 0 Å². The van der Waals surface area contributed by atoms with Crippen molar-refractivity contribution in [2.24, 2.45) is 5.92 Å². The summed E-state index contributed by atoms with van der Waals surface area (Å²) in [6.07, 6.45) is 0. The first-order valence-corrected chi connectivity index (χ1v) is 11.7. The fourth-order valence-electron chi connectivity index (χ4n) is 4.10. The summed E-state index contributed by atoms with van der Waals surface area (Å²) < 4.78 is 10.9. The number of hydrogen-bond donors (Lipinski definition) is 2. The highest BCUT2D eigenvalue weighted by Gasteiger charge is 2.46. The molecule has 1 fully saturated rings. The van der Waals surface area contributed by atoms with Crippen LogP contribution < -0.4 is 9.47 Å². The molecule has 7 heteroatoms. The number of methoxy groups -OCH3 is 1. The largest absolute Gasteiger partial charge is 0.508 e. The van der Waals surface area contributed by atoms with Crippen molar-refractivity contribution in [2.45, 2.75) is 26.4 Å². The van der Waals surface area contributed by atoms with E-state index in [1.165, 1.54) is 24.1 Å². The van der Waals surface area contributed by atoms with Crippen molar-refractivity contribution in [3.63, 3.8) is 0 Å². The van der Waals surface area contributed by atoms with E-state index in [0.717, 1.165) is 11.3 Å². The second kappa shape index (κ2) is 10.6. The molecule has 1 aliphatic heterocycles. The van der Waals surface area contributed by atoms with Crippen LogP contribution in [0.15, 0.2) is 78.4 Å². The van der Waals surface area contributed by atoms with E-state index in [2.05, 4.69) is 13.8 Å². The number of Topliss-reactive ketones (excluding diaryl/α,β-unsaturated/α-hetero) is 1. The maximum absolute atomic E-state index is 13.2. The quantitative estimate of drug-likeness (QED) is 0.262. The minimum absolute atomic E-state index is 0.00672. The molecule has 7 nitrogen and oxygen atoms in total. The minimum Gasteiger partial charge on any atom is -0.508 e. The predicted octanol–water partition coefficient (Wildman–Crippen LogP) is 5.06. The highest BCUT2D eigenvalue weighted by molar-refractivity contribution is 6.46. The number of ketones is 1. The van der Waals surface area contributed by atoms with Gasteiger partial charge in [-0.25, -0.2) is 0 Å². The van der Waals surface area contributed by atoms with Crippen molar-refractivity contribution < 1.29 is 29.3 Å². The Morgan fingerprint density at radius 2 is 1.53 bits per heavy atom. The van der Waals surface area contributed by atoms with E-state index in [9.17, 15) is 19.8 Å². The van der Waals surface area contributed by atoms with Crippen LogP contribution in [-0.2, 0) is 16.1 Å². The molecule has 1 aliphatic rings. The maximum Gasteiger partial charge on any atom is 0.295 e. The molecule has 4 rings (SSSR count). The lowest BCUT2D eigenvalue weighted by atomic mass is 9.95. The number of phenolic OH excluding ortho intramolecular Hbond substituents is 1. The molecule has 36 heavy (non-hydrogen) atoms. The van der Waals surface area contributed by atoms with Crippen molar-refractivity contribution in [2.75, 3.05) is 13.7 Å². The third kappa shape index (κ3) is 5.20. The third-order valence-electron chi connectivity index (χ3n) is 5.97. The number of carbonyl (C=O) groups is 2. The van der Waals surface area contributed by atoms with Crippen LogP contribution in [-0.4, -0.2) is 40.5 Å². The van der Waals surface area contributed by atoms with Gasteiger partial charge < -0.3 is 24.6 Å². The number of aliphatic hydroxyl groups is 1. The number of aromatic hydroxyl groups is 1. The van der Waals surface area contributed by atoms with Crippen LogP contribution >= 0.6 is 0 Å². The Morgan fingerprint density at radius 3 is 2.11 bits per heavy atom. The fraction of sp³-hybridized carbons (Fsp3) is 0.241. The Bertz CT molecular complexity index is 1260. The van der Waals surface area contributed by atoms with Crippen LogP contribution in [0.2, 0.25) is 0 Å². The first-order valence-electron chi connectivity index (χ1n) is 11.7. The number of likely N-dealkylation sites (tertiary alicyclic amines) is 1. The highest BCUT2D eigenvalue weighted by atomic mass is 16.5. The van der Waals surface area contributed by atoms with Gasteiger partial charge in [-0.3, -0.25) is 9.59 Å². The molecule has 3 aromatic carbocycles. The first kappa shape index (κ1) is 24.9. The smallest absolute Gasteiger partial charge is 0.295 e. The van der Waals surface area contributed by atoms with Crippen LogP contribution in [0.4, 0.5) is 0 Å². The maximum atomic E-state index is 13.2. The molecule has 1 amide bonds. The highest BCUT2D eigenvalue weighted by Crippen LogP contribution is 2.40. The van der Waals surface area contributed by atoms with Gasteiger partial charge in [0.05, 0.1) is 25.3 Å². The number of phenols is 1. The first-order chi connectivity index (χ1) is 17.3. The zero-order chi connectivity index (χ0) is 25.8. The summed E-state index contributed by atoms with van der Waals surface area (Å²) in [6, 6.07) is 19.4. The molecule has 1 saturated heterocycles. The summed E-state index contributed by atoms with van der Waals surface area (Å²) in [6.45, 7) is 4.89. The molecule has 0 saturated carbocycles. The Balaban J connectivity index is 1.72. The Morgan fingerprint density at radius 1 is 0.917 bits per heavy atom. The second-order valence-corrected chi connectivity index (χ2v) is 9.10. The predicted molar refractivity (Wildman–Crippen MR) is 136 cm³/mol. The number of amides is 1. The van der Waals surface area contributed by atoms with Crippen molar-refractivity contribution in [1.82, 2.24) is 4.90 Å². The van der Waals surface area contributed by atoms with Crippen molar-refractivity contribution in [1.29, 1.82) is 0 Å². The van der Waals surface area contributed by atoms with Gasteiger partial charge in [0.25, 0.3) is 11.7 Å².